The Kier molecular flexibility index (Phi) is 8.79. The third-order valence-corrected chi connectivity index (χ3v) is 2.88. The second kappa shape index (κ2) is 8.87. The molecule has 0 aromatic rings. The molecule has 0 fully saturated rings. The van der Waals surface area contributed by atoms with Gasteiger partial charge >= 0.3 is 0 Å². The van der Waals surface area contributed by atoms with Crippen molar-refractivity contribution in [3.63, 3.8) is 0 Å². The van der Waals surface area contributed by atoms with Crippen molar-refractivity contribution in [3.8, 4) is 0 Å². The van der Waals surface area contributed by atoms with Gasteiger partial charge in [-0.25, -0.2) is 0 Å². The van der Waals surface area contributed by atoms with Gasteiger partial charge in [-0.3, -0.25) is 0 Å². The maximum Gasteiger partial charge on any atom is 0.114 e. The van der Waals surface area contributed by atoms with Crippen molar-refractivity contribution in [3.05, 3.63) is 0 Å². The van der Waals surface area contributed by atoms with Crippen molar-refractivity contribution < 1.29 is 25.5 Å². The second-order valence-electron chi connectivity index (χ2n) is 3.85. The Bertz CT molecular complexity index is 229. The summed E-state index contributed by atoms with van der Waals surface area (Å²) in [6.45, 7) is 0.0300. The lowest BCUT2D eigenvalue weighted by atomic mass is 9.99. The van der Waals surface area contributed by atoms with Crippen molar-refractivity contribution in [2.75, 3.05) is 20.2 Å². The van der Waals surface area contributed by atoms with Gasteiger partial charge in [0.15, 0.2) is 0 Å². The Morgan fingerprint density at radius 3 is 2.24 bits per heavy atom. The van der Waals surface area contributed by atoms with Crippen LogP contribution in [0, 0.1) is 0 Å². The fraction of sp³-hybridized carbons (Fsp3) is 0.900. The molecule has 0 rings (SSSR count). The lowest BCUT2D eigenvalue weighted by molar-refractivity contribution is -0.101. The summed E-state index contributed by atoms with van der Waals surface area (Å²) in [6, 6.07) is 0. The fourth-order valence-corrected chi connectivity index (χ4v) is 1.58. The van der Waals surface area contributed by atoms with E-state index in [1.54, 1.807) is 7.05 Å². The molecule has 102 valence electrons. The van der Waals surface area contributed by atoms with E-state index in [4.69, 9.17) is 22.4 Å². The lowest BCUT2D eigenvalue weighted by Gasteiger charge is -2.26. The van der Waals surface area contributed by atoms with Crippen LogP contribution in [0.2, 0.25) is 0 Å². The highest BCUT2D eigenvalue weighted by molar-refractivity contribution is 7.80. The minimum Gasteiger partial charge on any atom is -0.394 e. The first-order valence-electron chi connectivity index (χ1n) is 5.46. The number of aliphatic hydroxyl groups is 5. The molecule has 7 heteroatoms. The molecular weight excluding hydrogens is 246 g/mol. The molecule has 0 aliphatic rings. The second-order valence-corrected chi connectivity index (χ2v) is 4.37. The molecule has 4 atom stereocenters. The molecule has 17 heavy (non-hydrogen) atoms. The van der Waals surface area contributed by atoms with Crippen LogP contribution in [0.4, 0.5) is 0 Å². The lowest BCUT2D eigenvalue weighted by Crippen LogP contribution is -2.48. The van der Waals surface area contributed by atoms with Crippen molar-refractivity contribution in [2.45, 2.75) is 37.3 Å². The normalized spacial score (nSPS) is 18.5. The standard InChI is InChI=1S/C10H21NO5S/c1-11-4-2-3-7(17)9(15)10(16)8(14)6(13)5-12/h6,8-16H,2-5H2,1H3/t6-,8-,9-,10+/m1/s1. The zero-order chi connectivity index (χ0) is 13.4. The average molecular weight is 267 g/mol. The summed E-state index contributed by atoms with van der Waals surface area (Å²) in [5.74, 6) is 0. The van der Waals surface area contributed by atoms with Crippen molar-refractivity contribution in [1.29, 1.82) is 0 Å². The van der Waals surface area contributed by atoms with E-state index >= 15 is 0 Å². The van der Waals surface area contributed by atoms with Crippen LogP contribution >= 0.6 is 12.2 Å². The number of hydrogen-bond acceptors (Lipinski definition) is 7. The number of hydrogen-bond donors (Lipinski definition) is 6. The van der Waals surface area contributed by atoms with Crippen molar-refractivity contribution >= 4 is 17.1 Å². The minimum atomic E-state index is -1.63. The van der Waals surface area contributed by atoms with E-state index in [0.29, 0.717) is 12.8 Å². The first-order valence-corrected chi connectivity index (χ1v) is 5.87. The maximum atomic E-state index is 9.64. The van der Waals surface area contributed by atoms with Crippen molar-refractivity contribution in [2.24, 2.45) is 0 Å². The van der Waals surface area contributed by atoms with Gasteiger partial charge in [0, 0.05) is 4.86 Å². The van der Waals surface area contributed by atoms with E-state index in [2.05, 4.69) is 5.32 Å². The molecule has 0 radical (unpaired) electrons. The van der Waals surface area contributed by atoms with Gasteiger partial charge in [0.2, 0.25) is 0 Å². The molecule has 6 nitrogen and oxygen atoms in total. The zero-order valence-corrected chi connectivity index (χ0v) is 10.6. The molecule has 0 amide bonds. The zero-order valence-electron chi connectivity index (χ0n) is 9.78. The molecule has 0 aliphatic carbocycles. The van der Waals surface area contributed by atoms with Crippen LogP contribution in [0.3, 0.4) is 0 Å². The third kappa shape index (κ3) is 5.82. The maximum absolute atomic E-state index is 9.64. The van der Waals surface area contributed by atoms with E-state index in [9.17, 15) is 15.3 Å². The summed E-state index contributed by atoms with van der Waals surface area (Å²) in [5.41, 5.74) is 0. The molecular formula is C10H21NO5S. The molecule has 0 spiro atoms. The van der Waals surface area contributed by atoms with Crippen LogP contribution < -0.4 is 5.32 Å². The molecule has 0 aromatic carbocycles. The van der Waals surface area contributed by atoms with E-state index in [1.165, 1.54) is 0 Å². The summed E-state index contributed by atoms with van der Waals surface area (Å²) >= 11 is 4.92. The highest BCUT2D eigenvalue weighted by Crippen LogP contribution is 2.09. The van der Waals surface area contributed by atoms with Crippen LogP contribution in [0.25, 0.3) is 0 Å². The molecule has 0 bridgehead atoms. The van der Waals surface area contributed by atoms with Crippen molar-refractivity contribution in [1.82, 2.24) is 5.32 Å². The SMILES string of the molecule is CNCCCC(=S)[C@@H](O)[C@@H](O)[C@H](O)[C@H](O)CO. The number of nitrogens with one attached hydrogen (secondary N) is 1. The van der Waals surface area contributed by atoms with E-state index in [-0.39, 0.29) is 4.86 Å². The summed E-state index contributed by atoms with van der Waals surface area (Å²) in [5, 5.41) is 49.2. The van der Waals surface area contributed by atoms with Crippen LogP contribution in [0.5, 0.6) is 0 Å². The van der Waals surface area contributed by atoms with Gasteiger partial charge in [0.05, 0.1) is 6.61 Å². The largest absolute Gasteiger partial charge is 0.394 e. The van der Waals surface area contributed by atoms with E-state index in [0.717, 1.165) is 6.54 Å². The molecule has 6 N–H and O–H groups in total. The Hall–Kier alpha value is -0.150. The van der Waals surface area contributed by atoms with Crippen LogP contribution in [-0.4, -0.2) is 75.0 Å². The van der Waals surface area contributed by atoms with Crippen LogP contribution in [-0.2, 0) is 0 Å². The van der Waals surface area contributed by atoms with Crippen LogP contribution in [0.1, 0.15) is 12.8 Å². The Labute approximate surface area is 106 Å². The molecule has 0 saturated carbocycles. The first-order chi connectivity index (χ1) is 7.95. The molecule has 0 aromatic heterocycles. The smallest absolute Gasteiger partial charge is 0.114 e. The summed E-state index contributed by atoms with van der Waals surface area (Å²) < 4.78 is 0. The quantitative estimate of drug-likeness (QED) is 0.207. The topological polar surface area (TPSA) is 113 Å². The highest BCUT2D eigenvalue weighted by atomic mass is 32.1. The Morgan fingerprint density at radius 2 is 1.76 bits per heavy atom. The van der Waals surface area contributed by atoms with Gasteiger partial charge in [0.25, 0.3) is 0 Å². The fourth-order valence-electron chi connectivity index (χ4n) is 1.30. The number of thiocarbonyl (C=S) groups is 1. The van der Waals surface area contributed by atoms with Gasteiger partial charge in [-0.2, -0.15) is 0 Å². The molecule has 0 aliphatic heterocycles. The predicted octanol–water partition coefficient (Wildman–Crippen LogP) is -2.21. The Morgan fingerprint density at radius 1 is 1.18 bits per heavy atom. The van der Waals surface area contributed by atoms with Gasteiger partial charge in [0.1, 0.15) is 24.4 Å². The average Bonchev–Trinajstić information content (AvgIpc) is 2.35. The van der Waals surface area contributed by atoms with Gasteiger partial charge < -0.3 is 30.8 Å². The number of aliphatic hydroxyl groups excluding tert-OH is 5. The molecule has 0 heterocycles. The van der Waals surface area contributed by atoms with Gasteiger partial charge in [-0.05, 0) is 26.4 Å². The predicted molar refractivity (Wildman–Crippen MR) is 66.9 cm³/mol. The van der Waals surface area contributed by atoms with E-state index < -0.39 is 31.0 Å². The monoisotopic (exact) mass is 267 g/mol. The Balaban J connectivity index is 4.18. The first kappa shape index (κ1) is 16.9. The highest BCUT2D eigenvalue weighted by Gasteiger charge is 2.31. The van der Waals surface area contributed by atoms with Crippen LogP contribution in [0.15, 0.2) is 0 Å². The minimum absolute atomic E-state index is 0.219. The van der Waals surface area contributed by atoms with Gasteiger partial charge in [-0.15, -0.1) is 0 Å². The van der Waals surface area contributed by atoms with E-state index in [1.807, 2.05) is 0 Å². The number of rotatable bonds is 9. The summed E-state index contributed by atoms with van der Waals surface area (Å²) in [4.78, 5) is 0.219. The summed E-state index contributed by atoms with van der Waals surface area (Å²) in [7, 11) is 1.79. The summed E-state index contributed by atoms with van der Waals surface area (Å²) in [6.07, 6.45) is -4.98. The molecule has 0 saturated heterocycles. The van der Waals surface area contributed by atoms with Gasteiger partial charge in [-0.1, -0.05) is 12.2 Å². The third-order valence-electron chi connectivity index (χ3n) is 2.43. The molecule has 0 unspecified atom stereocenters.